The summed E-state index contributed by atoms with van der Waals surface area (Å²) in [7, 11) is 0. The Bertz CT molecular complexity index is 735. The summed E-state index contributed by atoms with van der Waals surface area (Å²) in [5.74, 6) is 3.23. The first-order chi connectivity index (χ1) is 12.0. The van der Waals surface area contributed by atoms with Crippen LogP contribution in [0.1, 0.15) is 81.9 Å². The highest BCUT2D eigenvalue weighted by molar-refractivity contribution is 5.59. The Labute approximate surface area is 151 Å². The van der Waals surface area contributed by atoms with Crippen LogP contribution in [0.5, 0.6) is 17.2 Å². The van der Waals surface area contributed by atoms with Gasteiger partial charge >= 0.3 is 0 Å². The van der Waals surface area contributed by atoms with Crippen LogP contribution < -0.4 is 4.74 Å². The standard InChI is InChI=1S/C23H30O2/c1-5-6-7-10-15(2)16(3)18-13-20(24)23-17(4)19-11-8-9-12-21(19)25-22(23)14-18/h8-9,11-17,24H,5-7,10H2,1-4H3. The lowest BCUT2D eigenvalue weighted by Crippen LogP contribution is -2.11. The van der Waals surface area contributed by atoms with Crippen LogP contribution in [0.2, 0.25) is 0 Å². The third kappa shape index (κ3) is 3.53. The van der Waals surface area contributed by atoms with E-state index in [9.17, 15) is 5.11 Å². The molecule has 1 N–H and O–H groups in total. The van der Waals surface area contributed by atoms with E-state index in [1.54, 1.807) is 0 Å². The molecule has 0 radical (unpaired) electrons. The summed E-state index contributed by atoms with van der Waals surface area (Å²) in [6.45, 7) is 8.95. The van der Waals surface area contributed by atoms with Crippen LogP contribution in [-0.2, 0) is 0 Å². The van der Waals surface area contributed by atoms with Crippen LogP contribution in [0.25, 0.3) is 0 Å². The van der Waals surface area contributed by atoms with Crippen LogP contribution in [0.15, 0.2) is 36.4 Å². The summed E-state index contributed by atoms with van der Waals surface area (Å²) in [5, 5.41) is 10.7. The summed E-state index contributed by atoms with van der Waals surface area (Å²) < 4.78 is 6.14. The number of phenolic OH excluding ortho intramolecular Hbond substituents is 1. The molecule has 134 valence electrons. The first-order valence-corrected chi connectivity index (χ1v) is 9.66. The quantitative estimate of drug-likeness (QED) is 0.576. The average molecular weight is 338 g/mol. The van der Waals surface area contributed by atoms with Gasteiger partial charge in [-0.05, 0) is 35.6 Å². The fourth-order valence-corrected chi connectivity index (χ4v) is 3.92. The Balaban J connectivity index is 1.87. The average Bonchev–Trinajstić information content (AvgIpc) is 2.60. The Morgan fingerprint density at radius 3 is 2.60 bits per heavy atom. The molecule has 0 saturated carbocycles. The van der Waals surface area contributed by atoms with Crippen molar-refractivity contribution in [1.82, 2.24) is 0 Å². The van der Waals surface area contributed by atoms with Crippen molar-refractivity contribution in [3.05, 3.63) is 53.1 Å². The van der Waals surface area contributed by atoms with Gasteiger partial charge in [0.25, 0.3) is 0 Å². The second-order valence-electron chi connectivity index (χ2n) is 7.58. The van der Waals surface area contributed by atoms with E-state index in [0.29, 0.717) is 17.6 Å². The van der Waals surface area contributed by atoms with Gasteiger partial charge in [0, 0.05) is 17.0 Å². The van der Waals surface area contributed by atoms with E-state index in [0.717, 1.165) is 22.6 Å². The number of ether oxygens (including phenoxy) is 1. The molecule has 3 rings (SSSR count). The molecule has 2 aromatic rings. The van der Waals surface area contributed by atoms with Gasteiger partial charge < -0.3 is 9.84 Å². The normalized spacial score (nSPS) is 18.0. The summed E-state index contributed by atoms with van der Waals surface area (Å²) >= 11 is 0. The molecule has 25 heavy (non-hydrogen) atoms. The van der Waals surface area contributed by atoms with Gasteiger partial charge in [0.2, 0.25) is 0 Å². The lowest BCUT2D eigenvalue weighted by Gasteiger charge is -2.28. The zero-order chi connectivity index (χ0) is 18.0. The van der Waals surface area contributed by atoms with E-state index in [-0.39, 0.29) is 5.92 Å². The Morgan fingerprint density at radius 2 is 1.84 bits per heavy atom. The molecule has 0 aliphatic carbocycles. The van der Waals surface area contributed by atoms with Gasteiger partial charge in [-0.1, -0.05) is 71.6 Å². The molecule has 2 heteroatoms. The number of hydrogen-bond acceptors (Lipinski definition) is 2. The fraction of sp³-hybridized carbons (Fsp3) is 0.478. The van der Waals surface area contributed by atoms with Crippen LogP contribution in [0, 0.1) is 5.92 Å². The lowest BCUT2D eigenvalue weighted by molar-refractivity contribution is 0.408. The number of para-hydroxylation sites is 1. The third-order valence-electron chi connectivity index (χ3n) is 5.82. The zero-order valence-corrected chi connectivity index (χ0v) is 15.9. The minimum absolute atomic E-state index is 0.145. The highest BCUT2D eigenvalue weighted by Gasteiger charge is 2.28. The lowest BCUT2D eigenvalue weighted by atomic mass is 9.82. The van der Waals surface area contributed by atoms with Gasteiger partial charge in [0.1, 0.15) is 17.2 Å². The molecule has 3 unspecified atom stereocenters. The molecular weight excluding hydrogens is 308 g/mol. The molecule has 0 aromatic heterocycles. The summed E-state index contributed by atoms with van der Waals surface area (Å²) in [5.41, 5.74) is 3.22. The van der Waals surface area contributed by atoms with E-state index >= 15 is 0 Å². The van der Waals surface area contributed by atoms with Crippen LogP contribution in [0.3, 0.4) is 0 Å². The van der Waals surface area contributed by atoms with Crippen molar-refractivity contribution in [1.29, 1.82) is 0 Å². The maximum Gasteiger partial charge on any atom is 0.135 e. The van der Waals surface area contributed by atoms with Crippen LogP contribution >= 0.6 is 0 Å². The molecule has 0 amide bonds. The molecule has 0 spiro atoms. The third-order valence-corrected chi connectivity index (χ3v) is 5.82. The van der Waals surface area contributed by atoms with Crippen molar-refractivity contribution in [2.24, 2.45) is 5.92 Å². The first kappa shape index (κ1) is 17.8. The second-order valence-corrected chi connectivity index (χ2v) is 7.58. The molecule has 2 nitrogen and oxygen atoms in total. The monoisotopic (exact) mass is 338 g/mol. The number of rotatable bonds is 6. The summed E-state index contributed by atoms with van der Waals surface area (Å²) in [4.78, 5) is 0. The number of hydrogen-bond donors (Lipinski definition) is 1. The summed E-state index contributed by atoms with van der Waals surface area (Å²) in [6.07, 6.45) is 5.06. The van der Waals surface area contributed by atoms with Gasteiger partial charge in [-0.3, -0.25) is 0 Å². The topological polar surface area (TPSA) is 29.5 Å². The number of phenols is 1. The smallest absolute Gasteiger partial charge is 0.135 e. The molecule has 1 heterocycles. The van der Waals surface area contributed by atoms with Crippen molar-refractivity contribution in [3.63, 3.8) is 0 Å². The first-order valence-electron chi connectivity index (χ1n) is 9.66. The maximum atomic E-state index is 10.7. The molecule has 1 aliphatic rings. The van der Waals surface area contributed by atoms with Crippen molar-refractivity contribution >= 4 is 0 Å². The largest absolute Gasteiger partial charge is 0.507 e. The van der Waals surface area contributed by atoms with E-state index in [1.165, 1.54) is 31.2 Å². The Kier molecular flexibility index (Phi) is 5.36. The molecule has 2 aromatic carbocycles. The highest BCUT2D eigenvalue weighted by Crippen LogP contribution is 2.49. The van der Waals surface area contributed by atoms with E-state index in [2.05, 4.69) is 39.8 Å². The van der Waals surface area contributed by atoms with Crippen molar-refractivity contribution in [2.45, 2.75) is 65.2 Å². The van der Waals surface area contributed by atoms with E-state index in [1.807, 2.05) is 24.3 Å². The molecule has 3 atom stereocenters. The molecule has 1 aliphatic heterocycles. The molecule has 0 bridgehead atoms. The minimum atomic E-state index is 0.145. The van der Waals surface area contributed by atoms with Crippen molar-refractivity contribution < 1.29 is 9.84 Å². The maximum absolute atomic E-state index is 10.7. The Hall–Kier alpha value is -1.96. The van der Waals surface area contributed by atoms with E-state index in [4.69, 9.17) is 4.74 Å². The van der Waals surface area contributed by atoms with Crippen LogP contribution in [0.4, 0.5) is 0 Å². The van der Waals surface area contributed by atoms with Crippen LogP contribution in [-0.4, -0.2) is 5.11 Å². The number of benzene rings is 2. The zero-order valence-electron chi connectivity index (χ0n) is 15.9. The van der Waals surface area contributed by atoms with Gasteiger partial charge in [-0.2, -0.15) is 0 Å². The number of aromatic hydroxyl groups is 1. The van der Waals surface area contributed by atoms with Crippen molar-refractivity contribution in [3.8, 4) is 17.2 Å². The predicted octanol–water partition coefficient (Wildman–Crippen LogP) is 6.97. The SMILES string of the molecule is CCCCCC(C)C(C)c1cc(O)c2c(c1)Oc1ccccc1C2C. The molecular formula is C23H30O2. The highest BCUT2D eigenvalue weighted by atomic mass is 16.5. The van der Waals surface area contributed by atoms with Gasteiger partial charge in [0.05, 0.1) is 0 Å². The van der Waals surface area contributed by atoms with Crippen molar-refractivity contribution in [2.75, 3.05) is 0 Å². The van der Waals surface area contributed by atoms with Gasteiger partial charge in [0.15, 0.2) is 0 Å². The molecule has 0 saturated heterocycles. The molecule has 0 fully saturated rings. The fourth-order valence-electron chi connectivity index (χ4n) is 3.92. The van der Waals surface area contributed by atoms with Gasteiger partial charge in [-0.25, -0.2) is 0 Å². The van der Waals surface area contributed by atoms with E-state index < -0.39 is 0 Å². The van der Waals surface area contributed by atoms with Gasteiger partial charge in [-0.15, -0.1) is 0 Å². The second kappa shape index (κ2) is 7.51. The predicted molar refractivity (Wildman–Crippen MR) is 104 cm³/mol. The summed E-state index contributed by atoms with van der Waals surface area (Å²) in [6, 6.07) is 12.2. The minimum Gasteiger partial charge on any atom is -0.507 e. The number of fused-ring (bicyclic) bond motifs is 2. The Morgan fingerprint density at radius 1 is 1.08 bits per heavy atom. The number of unbranched alkanes of at least 4 members (excludes halogenated alkanes) is 2.